The summed E-state index contributed by atoms with van der Waals surface area (Å²) in [6.45, 7) is 1.56. The van der Waals surface area contributed by atoms with Gasteiger partial charge in [-0.25, -0.2) is 13.1 Å². The maximum atomic E-state index is 12.3. The van der Waals surface area contributed by atoms with Crippen molar-refractivity contribution < 1.29 is 8.42 Å². The van der Waals surface area contributed by atoms with E-state index in [4.69, 9.17) is 0 Å². The van der Waals surface area contributed by atoms with Crippen LogP contribution in [0.3, 0.4) is 0 Å². The molecule has 0 radical (unpaired) electrons. The zero-order valence-electron chi connectivity index (χ0n) is 12.0. The van der Waals surface area contributed by atoms with Crippen molar-refractivity contribution >= 4 is 22.4 Å². The third-order valence-electron chi connectivity index (χ3n) is 3.65. The number of rotatable bonds is 4. The average Bonchev–Trinajstić information content (AvgIpc) is 3.00. The quantitative estimate of drug-likeness (QED) is 0.900. The molecule has 1 aliphatic heterocycles. The minimum absolute atomic E-state index is 0. The van der Waals surface area contributed by atoms with Gasteiger partial charge in [0.25, 0.3) is 0 Å². The molecule has 2 N–H and O–H groups in total. The van der Waals surface area contributed by atoms with Gasteiger partial charge in [0, 0.05) is 12.6 Å². The van der Waals surface area contributed by atoms with Crippen LogP contribution in [0, 0.1) is 0 Å². The number of halogens is 1. The second kappa shape index (κ2) is 7.24. The highest BCUT2D eigenvalue weighted by Crippen LogP contribution is 2.21. The molecule has 0 amide bonds. The summed E-state index contributed by atoms with van der Waals surface area (Å²) < 4.78 is 27.3. The monoisotopic (exact) mass is 338 g/mol. The predicted octanol–water partition coefficient (Wildman–Crippen LogP) is 2.42. The molecule has 22 heavy (non-hydrogen) atoms. The molecule has 1 fully saturated rings. The third-order valence-corrected chi connectivity index (χ3v) is 5.19. The van der Waals surface area contributed by atoms with Crippen LogP contribution in [0.2, 0.25) is 0 Å². The molecule has 6 heteroatoms. The van der Waals surface area contributed by atoms with Crippen LogP contribution >= 0.6 is 12.4 Å². The van der Waals surface area contributed by atoms with Crippen molar-refractivity contribution in [1.82, 2.24) is 10.0 Å². The lowest BCUT2D eigenvalue weighted by molar-refractivity contribution is 0.560. The summed E-state index contributed by atoms with van der Waals surface area (Å²) in [6.07, 6.45) is 0.835. The standard InChI is InChI=1S/C16H18N2O2S.ClH/c19-21(20,18-15-10-11-17-12-15)16-8-6-14(7-9-16)13-4-2-1-3-5-13;/h1-9,15,17-18H,10-12H2;1H. The molecule has 118 valence electrons. The zero-order valence-corrected chi connectivity index (χ0v) is 13.7. The van der Waals surface area contributed by atoms with Crippen molar-refractivity contribution in [2.24, 2.45) is 0 Å². The molecule has 0 saturated carbocycles. The van der Waals surface area contributed by atoms with Crippen LogP contribution in [-0.2, 0) is 10.0 Å². The smallest absolute Gasteiger partial charge is 0.240 e. The Labute approximate surface area is 137 Å². The molecule has 0 spiro atoms. The van der Waals surface area contributed by atoms with E-state index in [9.17, 15) is 8.42 Å². The molecular weight excluding hydrogens is 320 g/mol. The fourth-order valence-corrected chi connectivity index (χ4v) is 3.77. The van der Waals surface area contributed by atoms with Crippen molar-refractivity contribution in [2.45, 2.75) is 17.4 Å². The molecular formula is C16H19ClN2O2S. The number of hydrogen-bond donors (Lipinski definition) is 2. The summed E-state index contributed by atoms with van der Waals surface area (Å²) in [6, 6.07) is 16.9. The minimum Gasteiger partial charge on any atom is -0.315 e. The van der Waals surface area contributed by atoms with Gasteiger partial charge in [0.15, 0.2) is 0 Å². The summed E-state index contributed by atoms with van der Waals surface area (Å²) in [7, 11) is -3.43. The van der Waals surface area contributed by atoms with Gasteiger partial charge in [-0.1, -0.05) is 42.5 Å². The lowest BCUT2D eigenvalue weighted by Gasteiger charge is -2.12. The molecule has 2 aromatic carbocycles. The number of sulfonamides is 1. The molecule has 4 nitrogen and oxygen atoms in total. The van der Waals surface area contributed by atoms with Crippen LogP contribution in [-0.4, -0.2) is 27.5 Å². The van der Waals surface area contributed by atoms with Crippen LogP contribution in [0.25, 0.3) is 11.1 Å². The Kier molecular flexibility index (Phi) is 5.58. The van der Waals surface area contributed by atoms with Gasteiger partial charge in [0.05, 0.1) is 4.90 Å². The first-order valence-corrected chi connectivity index (χ1v) is 8.52. The second-order valence-electron chi connectivity index (χ2n) is 5.20. The highest BCUT2D eigenvalue weighted by molar-refractivity contribution is 7.89. The van der Waals surface area contributed by atoms with E-state index >= 15 is 0 Å². The van der Waals surface area contributed by atoms with Crippen molar-refractivity contribution in [2.75, 3.05) is 13.1 Å². The lowest BCUT2D eigenvalue weighted by atomic mass is 10.1. The van der Waals surface area contributed by atoms with Gasteiger partial charge in [-0.3, -0.25) is 0 Å². The summed E-state index contributed by atoms with van der Waals surface area (Å²) in [5.74, 6) is 0. The molecule has 0 aliphatic carbocycles. The van der Waals surface area contributed by atoms with E-state index in [1.807, 2.05) is 42.5 Å². The van der Waals surface area contributed by atoms with Gasteiger partial charge >= 0.3 is 0 Å². The first-order valence-electron chi connectivity index (χ1n) is 7.04. The first kappa shape index (κ1) is 17.0. The van der Waals surface area contributed by atoms with Crippen molar-refractivity contribution in [3.8, 4) is 11.1 Å². The van der Waals surface area contributed by atoms with Crippen LogP contribution in [0.4, 0.5) is 0 Å². The minimum atomic E-state index is -3.43. The molecule has 2 aromatic rings. The van der Waals surface area contributed by atoms with Gasteiger partial charge in [-0.15, -0.1) is 12.4 Å². The van der Waals surface area contributed by atoms with E-state index in [2.05, 4.69) is 10.0 Å². The summed E-state index contributed by atoms with van der Waals surface area (Å²) in [5.41, 5.74) is 2.09. The predicted molar refractivity (Wildman–Crippen MR) is 90.7 cm³/mol. The van der Waals surface area contributed by atoms with Crippen molar-refractivity contribution in [3.63, 3.8) is 0 Å². The van der Waals surface area contributed by atoms with Gasteiger partial charge in [-0.05, 0) is 36.2 Å². The topological polar surface area (TPSA) is 58.2 Å². The van der Waals surface area contributed by atoms with Gasteiger partial charge in [-0.2, -0.15) is 0 Å². The molecule has 0 aromatic heterocycles. The Bertz CT molecular complexity index is 697. The summed E-state index contributed by atoms with van der Waals surface area (Å²) in [5, 5.41) is 3.15. The molecule has 0 bridgehead atoms. The third kappa shape index (κ3) is 3.87. The molecule has 1 aliphatic rings. The Morgan fingerprint density at radius 2 is 1.59 bits per heavy atom. The summed E-state index contributed by atoms with van der Waals surface area (Å²) >= 11 is 0. The number of benzene rings is 2. The van der Waals surface area contributed by atoms with E-state index < -0.39 is 10.0 Å². The maximum Gasteiger partial charge on any atom is 0.240 e. The van der Waals surface area contributed by atoms with Crippen LogP contribution in [0.5, 0.6) is 0 Å². The normalized spacial score (nSPS) is 17.9. The van der Waals surface area contributed by atoms with Gasteiger partial charge in [0.1, 0.15) is 0 Å². The zero-order chi connectivity index (χ0) is 14.7. The molecule has 1 unspecified atom stereocenters. The largest absolute Gasteiger partial charge is 0.315 e. The Morgan fingerprint density at radius 1 is 0.955 bits per heavy atom. The van der Waals surface area contributed by atoms with E-state index in [1.165, 1.54) is 0 Å². The highest BCUT2D eigenvalue weighted by atomic mass is 35.5. The van der Waals surface area contributed by atoms with E-state index in [1.54, 1.807) is 12.1 Å². The molecule has 1 heterocycles. The SMILES string of the molecule is Cl.O=S(=O)(NC1CCNC1)c1ccc(-c2ccccc2)cc1. The van der Waals surface area contributed by atoms with Crippen LogP contribution < -0.4 is 10.0 Å². The first-order chi connectivity index (χ1) is 10.1. The van der Waals surface area contributed by atoms with E-state index in [0.717, 1.165) is 24.1 Å². The van der Waals surface area contributed by atoms with E-state index in [-0.39, 0.29) is 18.4 Å². The maximum absolute atomic E-state index is 12.3. The Hall–Kier alpha value is -1.40. The number of nitrogens with one attached hydrogen (secondary N) is 2. The Balaban J connectivity index is 0.00000176. The molecule has 1 saturated heterocycles. The fourth-order valence-electron chi connectivity index (χ4n) is 2.50. The van der Waals surface area contributed by atoms with Crippen molar-refractivity contribution in [3.05, 3.63) is 54.6 Å². The van der Waals surface area contributed by atoms with Gasteiger partial charge in [0.2, 0.25) is 10.0 Å². The molecule has 1 atom stereocenters. The number of hydrogen-bond acceptors (Lipinski definition) is 3. The lowest BCUT2D eigenvalue weighted by Crippen LogP contribution is -2.36. The average molecular weight is 339 g/mol. The Morgan fingerprint density at radius 3 is 2.18 bits per heavy atom. The second-order valence-corrected chi connectivity index (χ2v) is 6.92. The van der Waals surface area contributed by atoms with Crippen molar-refractivity contribution in [1.29, 1.82) is 0 Å². The summed E-state index contributed by atoms with van der Waals surface area (Å²) in [4.78, 5) is 0.314. The van der Waals surface area contributed by atoms with Crippen LogP contribution in [0.1, 0.15) is 6.42 Å². The fraction of sp³-hybridized carbons (Fsp3) is 0.250. The van der Waals surface area contributed by atoms with E-state index in [0.29, 0.717) is 11.4 Å². The van der Waals surface area contributed by atoms with Crippen LogP contribution in [0.15, 0.2) is 59.5 Å². The molecule has 3 rings (SSSR count). The highest BCUT2D eigenvalue weighted by Gasteiger charge is 2.22. The van der Waals surface area contributed by atoms with Gasteiger partial charge < -0.3 is 5.32 Å².